The van der Waals surface area contributed by atoms with Gasteiger partial charge in [-0.25, -0.2) is 8.42 Å². The van der Waals surface area contributed by atoms with Crippen molar-refractivity contribution in [3.05, 3.63) is 54.1 Å². The lowest BCUT2D eigenvalue weighted by Crippen LogP contribution is -2.27. The van der Waals surface area contributed by atoms with Gasteiger partial charge in [0.05, 0.1) is 19.8 Å². The predicted octanol–water partition coefficient (Wildman–Crippen LogP) is 2.27. The van der Waals surface area contributed by atoms with Gasteiger partial charge in [-0.3, -0.25) is 9.52 Å². The Morgan fingerprint density at radius 2 is 1.67 bits per heavy atom. The Hall–Kier alpha value is -2.54. The van der Waals surface area contributed by atoms with Gasteiger partial charge in [-0.15, -0.1) is 0 Å². The van der Waals surface area contributed by atoms with Gasteiger partial charge < -0.3 is 9.64 Å². The zero-order valence-electron chi connectivity index (χ0n) is 13.8. The molecule has 0 aromatic heterocycles. The van der Waals surface area contributed by atoms with Crippen LogP contribution in [0.2, 0.25) is 0 Å². The summed E-state index contributed by atoms with van der Waals surface area (Å²) in [6.07, 6.45) is 1.36. The van der Waals surface area contributed by atoms with E-state index in [0.717, 1.165) is 17.6 Å². The molecular weight excluding hydrogens is 328 g/mol. The first-order valence-electron chi connectivity index (χ1n) is 7.26. The highest BCUT2D eigenvalue weighted by molar-refractivity contribution is 7.92. The minimum Gasteiger partial charge on any atom is -0.497 e. The maximum atomic E-state index is 12.4. The van der Waals surface area contributed by atoms with E-state index in [1.807, 2.05) is 24.3 Å². The summed E-state index contributed by atoms with van der Waals surface area (Å²) in [6.45, 7) is 0. The summed E-state index contributed by atoms with van der Waals surface area (Å²) in [5, 5.41) is 0. The average molecular weight is 348 g/mol. The number of sulfonamides is 1. The van der Waals surface area contributed by atoms with Crippen LogP contribution in [-0.2, 0) is 21.2 Å². The van der Waals surface area contributed by atoms with Crippen LogP contribution in [0.25, 0.3) is 0 Å². The minimum absolute atomic E-state index is 0.0658. The van der Waals surface area contributed by atoms with Crippen molar-refractivity contribution in [2.45, 2.75) is 6.42 Å². The summed E-state index contributed by atoms with van der Waals surface area (Å²) in [5.41, 5.74) is 2.04. The van der Waals surface area contributed by atoms with Gasteiger partial charge in [0.25, 0.3) is 0 Å². The highest BCUT2D eigenvalue weighted by Crippen LogP contribution is 2.19. The van der Waals surface area contributed by atoms with Gasteiger partial charge in [0.15, 0.2) is 0 Å². The number of amides is 1. The van der Waals surface area contributed by atoms with Crippen LogP contribution in [0, 0.1) is 0 Å². The minimum atomic E-state index is -3.31. The van der Waals surface area contributed by atoms with Crippen LogP contribution < -0.4 is 14.4 Å². The molecule has 0 radical (unpaired) electrons. The van der Waals surface area contributed by atoms with E-state index in [0.29, 0.717) is 11.4 Å². The maximum Gasteiger partial charge on any atom is 0.231 e. The topological polar surface area (TPSA) is 75.7 Å². The van der Waals surface area contributed by atoms with Crippen molar-refractivity contribution >= 4 is 27.3 Å². The van der Waals surface area contributed by atoms with Crippen LogP contribution in [0.5, 0.6) is 5.75 Å². The lowest BCUT2D eigenvalue weighted by atomic mass is 10.1. The number of carbonyl (C=O) groups is 1. The lowest BCUT2D eigenvalue weighted by Gasteiger charge is -2.18. The number of carbonyl (C=O) groups excluding carboxylic acids is 1. The summed E-state index contributed by atoms with van der Waals surface area (Å²) in [7, 11) is -0.0350. The van der Waals surface area contributed by atoms with E-state index in [1.54, 1.807) is 38.4 Å². The molecule has 0 aliphatic heterocycles. The Morgan fingerprint density at radius 1 is 1.08 bits per heavy atom. The van der Waals surface area contributed by atoms with Gasteiger partial charge >= 0.3 is 0 Å². The summed E-state index contributed by atoms with van der Waals surface area (Å²) in [5.74, 6) is 0.678. The normalized spacial score (nSPS) is 11.0. The summed E-state index contributed by atoms with van der Waals surface area (Å²) >= 11 is 0. The first-order valence-corrected chi connectivity index (χ1v) is 9.15. The lowest BCUT2D eigenvalue weighted by molar-refractivity contribution is -0.117. The second kappa shape index (κ2) is 7.35. The molecule has 7 heteroatoms. The van der Waals surface area contributed by atoms with E-state index in [-0.39, 0.29) is 12.3 Å². The van der Waals surface area contributed by atoms with Gasteiger partial charge in [-0.05, 0) is 42.0 Å². The smallest absolute Gasteiger partial charge is 0.231 e. The molecule has 6 nitrogen and oxygen atoms in total. The Labute approximate surface area is 142 Å². The molecule has 2 rings (SSSR count). The molecule has 2 aromatic carbocycles. The van der Waals surface area contributed by atoms with E-state index >= 15 is 0 Å². The van der Waals surface area contributed by atoms with Crippen LogP contribution in [0.3, 0.4) is 0 Å². The first-order chi connectivity index (χ1) is 11.3. The fraction of sp³-hybridized carbons (Fsp3) is 0.235. The Kier molecular flexibility index (Phi) is 5.46. The number of anilines is 2. The molecule has 1 amide bonds. The van der Waals surface area contributed by atoms with Crippen LogP contribution >= 0.6 is 0 Å². The molecule has 0 fully saturated rings. The Morgan fingerprint density at radius 3 is 2.17 bits per heavy atom. The molecular formula is C17H20N2O4S. The molecule has 1 N–H and O–H groups in total. The van der Waals surface area contributed by atoms with Gasteiger partial charge in [0.2, 0.25) is 15.9 Å². The molecule has 0 unspecified atom stereocenters. The van der Waals surface area contributed by atoms with Gasteiger partial charge in [-0.1, -0.05) is 12.1 Å². The second-order valence-electron chi connectivity index (χ2n) is 5.40. The van der Waals surface area contributed by atoms with E-state index in [1.165, 1.54) is 4.90 Å². The zero-order chi connectivity index (χ0) is 17.7. The third-order valence-electron chi connectivity index (χ3n) is 3.45. The number of rotatable bonds is 6. The Bertz CT molecular complexity index is 799. The van der Waals surface area contributed by atoms with Crippen molar-refractivity contribution < 1.29 is 17.9 Å². The fourth-order valence-electron chi connectivity index (χ4n) is 2.15. The molecule has 24 heavy (non-hydrogen) atoms. The third kappa shape index (κ3) is 4.99. The predicted molar refractivity (Wildman–Crippen MR) is 95.0 cm³/mol. The number of benzene rings is 2. The molecule has 0 atom stereocenters. The number of nitrogens with one attached hydrogen (secondary N) is 1. The third-order valence-corrected chi connectivity index (χ3v) is 4.05. The number of likely N-dealkylation sites (N-methyl/N-ethyl adjacent to an activating group) is 1. The second-order valence-corrected chi connectivity index (χ2v) is 7.15. The van der Waals surface area contributed by atoms with Crippen LogP contribution in [0.4, 0.5) is 11.4 Å². The molecule has 0 saturated carbocycles. The highest BCUT2D eigenvalue weighted by atomic mass is 32.2. The van der Waals surface area contributed by atoms with Crippen molar-refractivity contribution in [1.29, 1.82) is 0 Å². The molecule has 0 bridgehead atoms. The van der Waals surface area contributed by atoms with Crippen LogP contribution in [0.1, 0.15) is 5.56 Å². The highest BCUT2D eigenvalue weighted by Gasteiger charge is 2.12. The Balaban J connectivity index is 2.04. The molecule has 2 aromatic rings. The van der Waals surface area contributed by atoms with E-state index < -0.39 is 10.0 Å². The largest absolute Gasteiger partial charge is 0.497 e. The molecule has 0 saturated heterocycles. The number of hydrogen-bond donors (Lipinski definition) is 1. The van der Waals surface area contributed by atoms with Crippen molar-refractivity contribution in [2.75, 3.05) is 30.0 Å². The number of hydrogen-bond acceptors (Lipinski definition) is 4. The molecule has 0 heterocycles. The summed E-state index contributed by atoms with van der Waals surface area (Å²) < 4.78 is 29.9. The summed E-state index contributed by atoms with van der Waals surface area (Å²) in [4.78, 5) is 13.9. The van der Waals surface area contributed by atoms with Crippen molar-refractivity contribution in [3.63, 3.8) is 0 Å². The fourth-order valence-corrected chi connectivity index (χ4v) is 2.71. The maximum absolute atomic E-state index is 12.4. The monoisotopic (exact) mass is 348 g/mol. The van der Waals surface area contributed by atoms with Crippen LogP contribution in [-0.4, -0.2) is 34.7 Å². The molecule has 128 valence electrons. The number of ether oxygens (including phenoxy) is 1. The standard InChI is InChI=1S/C17H20N2O4S/c1-19(15-8-6-14(7-9-15)18-24(3,21)22)17(20)12-13-4-10-16(23-2)11-5-13/h4-11,18H,12H2,1-3H3. The SMILES string of the molecule is COc1ccc(CC(=O)N(C)c2ccc(NS(C)(=O)=O)cc2)cc1. The van der Waals surface area contributed by atoms with Gasteiger partial charge in [0.1, 0.15) is 5.75 Å². The molecule has 0 spiro atoms. The quantitative estimate of drug-likeness (QED) is 0.869. The van der Waals surface area contributed by atoms with Crippen molar-refractivity contribution in [2.24, 2.45) is 0 Å². The number of nitrogens with zero attached hydrogens (tertiary/aromatic N) is 1. The van der Waals surface area contributed by atoms with E-state index in [9.17, 15) is 13.2 Å². The first kappa shape index (κ1) is 17.8. The average Bonchev–Trinajstić information content (AvgIpc) is 2.54. The molecule has 0 aliphatic carbocycles. The van der Waals surface area contributed by atoms with E-state index in [2.05, 4.69) is 4.72 Å². The van der Waals surface area contributed by atoms with Crippen molar-refractivity contribution in [3.8, 4) is 5.75 Å². The van der Waals surface area contributed by atoms with Gasteiger partial charge in [0, 0.05) is 18.4 Å². The van der Waals surface area contributed by atoms with Crippen molar-refractivity contribution in [1.82, 2.24) is 0 Å². The van der Waals surface area contributed by atoms with Crippen LogP contribution in [0.15, 0.2) is 48.5 Å². The van der Waals surface area contributed by atoms with E-state index in [4.69, 9.17) is 4.74 Å². The number of methoxy groups -OCH3 is 1. The zero-order valence-corrected chi connectivity index (χ0v) is 14.6. The van der Waals surface area contributed by atoms with Gasteiger partial charge in [-0.2, -0.15) is 0 Å². The summed E-state index contributed by atoms with van der Waals surface area (Å²) in [6, 6.07) is 14.0. The molecule has 0 aliphatic rings.